The van der Waals surface area contributed by atoms with E-state index in [0.717, 1.165) is 12.0 Å². The van der Waals surface area contributed by atoms with Crippen LogP contribution < -0.4 is 5.32 Å². The summed E-state index contributed by atoms with van der Waals surface area (Å²) in [6, 6.07) is 0.733. The van der Waals surface area contributed by atoms with E-state index in [1.807, 2.05) is 0 Å². The number of hydrogen-bond acceptors (Lipinski definition) is 1. The highest BCUT2D eigenvalue weighted by Crippen LogP contribution is 2.53. The van der Waals surface area contributed by atoms with Crippen molar-refractivity contribution in [3.05, 3.63) is 0 Å². The van der Waals surface area contributed by atoms with Crippen LogP contribution in [0.4, 0.5) is 0 Å². The van der Waals surface area contributed by atoms with Crippen LogP contribution in [0.1, 0.15) is 59.8 Å². The van der Waals surface area contributed by atoms with Crippen LogP contribution in [0, 0.1) is 11.3 Å². The average Bonchev–Trinajstić information content (AvgIpc) is 2.95. The van der Waals surface area contributed by atoms with Crippen LogP contribution in [-0.4, -0.2) is 12.6 Å². The van der Waals surface area contributed by atoms with Crippen molar-refractivity contribution in [3.63, 3.8) is 0 Å². The molecule has 1 nitrogen and oxygen atoms in total. The third kappa shape index (κ3) is 2.98. The number of hydrogen-bond donors (Lipinski definition) is 1. The minimum absolute atomic E-state index is 0.671. The Morgan fingerprint density at radius 3 is 2.29 bits per heavy atom. The van der Waals surface area contributed by atoms with Crippen LogP contribution in [0.2, 0.25) is 0 Å². The molecule has 0 radical (unpaired) electrons. The molecule has 1 aliphatic rings. The van der Waals surface area contributed by atoms with Gasteiger partial charge >= 0.3 is 0 Å². The molecule has 1 rings (SSSR count). The molecule has 2 atom stereocenters. The van der Waals surface area contributed by atoms with Crippen LogP contribution in [0.25, 0.3) is 0 Å². The fourth-order valence-corrected chi connectivity index (χ4v) is 2.39. The van der Waals surface area contributed by atoms with E-state index in [-0.39, 0.29) is 0 Å². The van der Waals surface area contributed by atoms with Crippen molar-refractivity contribution in [3.8, 4) is 0 Å². The predicted molar refractivity (Wildman–Crippen MR) is 63.5 cm³/mol. The van der Waals surface area contributed by atoms with E-state index in [1.54, 1.807) is 0 Å². The minimum Gasteiger partial charge on any atom is -0.314 e. The maximum Gasteiger partial charge on any atom is 0.00952 e. The summed E-state index contributed by atoms with van der Waals surface area (Å²) in [6.45, 7) is 10.5. The summed E-state index contributed by atoms with van der Waals surface area (Å²) in [5, 5.41) is 3.66. The normalized spacial score (nSPS) is 23.1. The maximum absolute atomic E-state index is 3.66. The summed E-state index contributed by atoms with van der Waals surface area (Å²) < 4.78 is 0. The summed E-state index contributed by atoms with van der Waals surface area (Å²) in [4.78, 5) is 0. The molecule has 84 valence electrons. The molecular formula is C13H27N. The van der Waals surface area contributed by atoms with E-state index in [2.05, 4.69) is 33.0 Å². The summed E-state index contributed by atoms with van der Waals surface area (Å²) in [7, 11) is 0. The Bertz CT molecular complexity index is 161. The van der Waals surface area contributed by atoms with Crippen molar-refractivity contribution >= 4 is 0 Å². The Labute approximate surface area is 89.7 Å². The predicted octanol–water partition coefficient (Wildman–Crippen LogP) is 3.59. The van der Waals surface area contributed by atoms with Gasteiger partial charge in [0, 0.05) is 6.04 Å². The lowest BCUT2D eigenvalue weighted by Gasteiger charge is -2.27. The van der Waals surface area contributed by atoms with Crippen LogP contribution in [0.15, 0.2) is 0 Å². The van der Waals surface area contributed by atoms with Gasteiger partial charge < -0.3 is 5.32 Å². The van der Waals surface area contributed by atoms with Crippen molar-refractivity contribution in [1.82, 2.24) is 5.32 Å². The summed E-state index contributed by atoms with van der Waals surface area (Å²) >= 11 is 0. The largest absolute Gasteiger partial charge is 0.314 e. The van der Waals surface area contributed by atoms with Gasteiger partial charge in [0.15, 0.2) is 0 Å². The molecule has 1 saturated carbocycles. The Balaban J connectivity index is 2.33. The van der Waals surface area contributed by atoms with Gasteiger partial charge in [-0.05, 0) is 50.5 Å². The third-order valence-corrected chi connectivity index (χ3v) is 3.96. The van der Waals surface area contributed by atoms with Gasteiger partial charge in [-0.25, -0.2) is 0 Å². The SMILES string of the molecule is CCCNC(C)C1(CC(C)CC)CC1. The summed E-state index contributed by atoms with van der Waals surface area (Å²) in [5.41, 5.74) is 0.671. The van der Waals surface area contributed by atoms with E-state index in [4.69, 9.17) is 0 Å². The first kappa shape index (κ1) is 12.0. The second kappa shape index (κ2) is 5.16. The molecule has 0 aromatic carbocycles. The topological polar surface area (TPSA) is 12.0 Å². The number of rotatable bonds is 7. The first-order valence-corrected chi connectivity index (χ1v) is 6.38. The molecule has 0 aromatic rings. The molecule has 0 bridgehead atoms. The molecule has 1 heteroatoms. The highest BCUT2D eigenvalue weighted by Gasteiger charge is 2.47. The lowest BCUT2D eigenvalue weighted by Crippen LogP contribution is -2.36. The van der Waals surface area contributed by atoms with Gasteiger partial charge in [0.1, 0.15) is 0 Å². The third-order valence-electron chi connectivity index (χ3n) is 3.96. The molecular weight excluding hydrogens is 170 g/mol. The fourth-order valence-electron chi connectivity index (χ4n) is 2.39. The highest BCUT2D eigenvalue weighted by molar-refractivity contribution is 5.00. The van der Waals surface area contributed by atoms with Gasteiger partial charge in [-0.15, -0.1) is 0 Å². The highest BCUT2D eigenvalue weighted by atomic mass is 14.9. The lowest BCUT2D eigenvalue weighted by atomic mass is 9.86. The zero-order valence-corrected chi connectivity index (χ0v) is 10.4. The van der Waals surface area contributed by atoms with Gasteiger partial charge in [-0.2, -0.15) is 0 Å². The van der Waals surface area contributed by atoms with Crippen LogP contribution in [0.5, 0.6) is 0 Å². The van der Waals surface area contributed by atoms with E-state index >= 15 is 0 Å². The van der Waals surface area contributed by atoms with E-state index in [1.165, 1.54) is 38.6 Å². The molecule has 1 N–H and O–H groups in total. The van der Waals surface area contributed by atoms with Crippen LogP contribution in [-0.2, 0) is 0 Å². The molecule has 0 saturated heterocycles. The fraction of sp³-hybridized carbons (Fsp3) is 1.00. The second-order valence-electron chi connectivity index (χ2n) is 5.26. The molecule has 0 aliphatic heterocycles. The average molecular weight is 197 g/mol. The van der Waals surface area contributed by atoms with Gasteiger partial charge in [-0.3, -0.25) is 0 Å². The van der Waals surface area contributed by atoms with E-state index < -0.39 is 0 Å². The van der Waals surface area contributed by atoms with Gasteiger partial charge in [0.2, 0.25) is 0 Å². The first-order valence-electron chi connectivity index (χ1n) is 6.38. The number of nitrogens with one attached hydrogen (secondary N) is 1. The van der Waals surface area contributed by atoms with Crippen LogP contribution in [0.3, 0.4) is 0 Å². The maximum atomic E-state index is 3.66. The smallest absolute Gasteiger partial charge is 0.00952 e. The van der Waals surface area contributed by atoms with Gasteiger partial charge in [-0.1, -0.05) is 27.2 Å². The molecule has 1 aliphatic carbocycles. The Morgan fingerprint density at radius 2 is 1.86 bits per heavy atom. The molecule has 0 heterocycles. The lowest BCUT2D eigenvalue weighted by molar-refractivity contribution is 0.282. The zero-order chi connectivity index (χ0) is 10.6. The minimum atomic E-state index is 0.671. The molecule has 0 amide bonds. The monoisotopic (exact) mass is 197 g/mol. The quantitative estimate of drug-likeness (QED) is 0.657. The van der Waals surface area contributed by atoms with Crippen molar-refractivity contribution < 1.29 is 0 Å². The Kier molecular flexibility index (Phi) is 4.43. The van der Waals surface area contributed by atoms with E-state index in [0.29, 0.717) is 5.41 Å². The van der Waals surface area contributed by atoms with Crippen LogP contribution >= 0.6 is 0 Å². The van der Waals surface area contributed by atoms with E-state index in [9.17, 15) is 0 Å². The zero-order valence-electron chi connectivity index (χ0n) is 10.4. The molecule has 0 spiro atoms. The second-order valence-corrected chi connectivity index (χ2v) is 5.26. The van der Waals surface area contributed by atoms with Gasteiger partial charge in [0.05, 0.1) is 0 Å². The standard InChI is InChI=1S/C13H27N/c1-5-9-14-12(4)13(7-8-13)10-11(3)6-2/h11-12,14H,5-10H2,1-4H3. The molecule has 2 unspecified atom stereocenters. The molecule has 0 aromatic heterocycles. The van der Waals surface area contributed by atoms with Crippen molar-refractivity contribution in [2.24, 2.45) is 11.3 Å². The van der Waals surface area contributed by atoms with Crippen molar-refractivity contribution in [2.45, 2.75) is 65.8 Å². The van der Waals surface area contributed by atoms with Gasteiger partial charge in [0.25, 0.3) is 0 Å². The molecule has 1 fully saturated rings. The summed E-state index contributed by atoms with van der Waals surface area (Å²) in [6.07, 6.45) is 6.93. The van der Waals surface area contributed by atoms with Crippen molar-refractivity contribution in [2.75, 3.05) is 6.54 Å². The Morgan fingerprint density at radius 1 is 1.21 bits per heavy atom. The Hall–Kier alpha value is -0.0400. The molecule has 14 heavy (non-hydrogen) atoms. The summed E-state index contributed by atoms with van der Waals surface area (Å²) in [5.74, 6) is 0.906. The first-order chi connectivity index (χ1) is 6.64. The van der Waals surface area contributed by atoms with Crippen molar-refractivity contribution in [1.29, 1.82) is 0 Å².